The van der Waals surface area contributed by atoms with E-state index in [0.717, 1.165) is 36.4 Å². The van der Waals surface area contributed by atoms with Crippen LogP contribution < -0.4 is 4.72 Å². The third-order valence-electron chi connectivity index (χ3n) is 3.22. The summed E-state index contributed by atoms with van der Waals surface area (Å²) in [5, 5.41) is 9.89. The minimum absolute atomic E-state index is 0.0965. The molecule has 24 heavy (non-hydrogen) atoms. The van der Waals surface area contributed by atoms with Crippen LogP contribution in [0.3, 0.4) is 0 Å². The molecular weight excluding hydrogens is 350 g/mol. The highest BCUT2D eigenvalue weighted by Crippen LogP contribution is 2.29. The average molecular weight is 363 g/mol. The second kappa shape index (κ2) is 6.88. The summed E-state index contributed by atoms with van der Waals surface area (Å²) in [7, 11) is -4.19. The van der Waals surface area contributed by atoms with E-state index >= 15 is 0 Å². The Hall–Kier alpha value is -1.97. The lowest BCUT2D eigenvalue weighted by Crippen LogP contribution is -2.29. The number of aliphatic hydroxyl groups excluding tert-OH is 1. The summed E-state index contributed by atoms with van der Waals surface area (Å²) in [6, 6.07) is 8.35. The van der Waals surface area contributed by atoms with E-state index in [1.54, 1.807) is 0 Å². The van der Waals surface area contributed by atoms with Crippen molar-refractivity contribution >= 4 is 10.0 Å². The van der Waals surface area contributed by atoms with Crippen molar-refractivity contribution in [1.82, 2.24) is 4.72 Å². The molecule has 0 aliphatic rings. The standard InChI is InChI=1S/C15H13F4NO3S/c16-12-3-1-2-4-14(12)24(22,23)20-9-13(21)10-5-7-11(8-6-10)15(17,18)19/h1-8,13,20-21H,9H2. The summed E-state index contributed by atoms with van der Waals surface area (Å²) in [6.07, 6.45) is -5.88. The highest BCUT2D eigenvalue weighted by Gasteiger charge is 2.30. The molecular formula is C15H13F4NO3S. The normalized spacial score (nSPS) is 13.7. The van der Waals surface area contributed by atoms with Crippen LogP contribution in [0.15, 0.2) is 53.4 Å². The zero-order valence-corrected chi connectivity index (χ0v) is 12.9. The van der Waals surface area contributed by atoms with Crippen molar-refractivity contribution < 1.29 is 31.1 Å². The van der Waals surface area contributed by atoms with Crippen LogP contribution in [-0.4, -0.2) is 20.1 Å². The number of halogens is 4. The Morgan fingerprint density at radius 1 is 1.04 bits per heavy atom. The van der Waals surface area contributed by atoms with E-state index in [4.69, 9.17) is 0 Å². The monoisotopic (exact) mass is 363 g/mol. The Morgan fingerprint density at radius 3 is 2.17 bits per heavy atom. The second-order valence-electron chi connectivity index (χ2n) is 4.92. The van der Waals surface area contributed by atoms with Gasteiger partial charge in [-0.2, -0.15) is 13.2 Å². The fraction of sp³-hybridized carbons (Fsp3) is 0.200. The number of benzene rings is 2. The Bertz CT molecular complexity index is 804. The number of alkyl halides is 3. The highest BCUT2D eigenvalue weighted by molar-refractivity contribution is 7.89. The molecule has 0 amide bonds. The minimum Gasteiger partial charge on any atom is -0.387 e. The molecule has 0 saturated carbocycles. The summed E-state index contributed by atoms with van der Waals surface area (Å²) in [6.45, 7) is -0.512. The van der Waals surface area contributed by atoms with Gasteiger partial charge in [0, 0.05) is 6.54 Å². The molecule has 0 aromatic heterocycles. The predicted molar refractivity (Wildman–Crippen MR) is 78.0 cm³/mol. The van der Waals surface area contributed by atoms with E-state index in [2.05, 4.69) is 0 Å². The molecule has 9 heteroatoms. The molecule has 2 aromatic carbocycles. The fourth-order valence-electron chi connectivity index (χ4n) is 1.94. The van der Waals surface area contributed by atoms with Gasteiger partial charge in [0.25, 0.3) is 0 Å². The summed E-state index contributed by atoms with van der Waals surface area (Å²) in [4.78, 5) is -0.579. The molecule has 2 N–H and O–H groups in total. The molecule has 1 unspecified atom stereocenters. The van der Waals surface area contributed by atoms with E-state index in [9.17, 15) is 31.1 Å². The van der Waals surface area contributed by atoms with Gasteiger partial charge in [-0.05, 0) is 29.8 Å². The lowest BCUT2D eigenvalue weighted by Gasteiger charge is -2.14. The van der Waals surface area contributed by atoms with Crippen LogP contribution >= 0.6 is 0 Å². The molecule has 0 radical (unpaired) electrons. The smallest absolute Gasteiger partial charge is 0.387 e. The van der Waals surface area contributed by atoms with Crippen LogP contribution in [-0.2, 0) is 16.2 Å². The van der Waals surface area contributed by atoms with Crippen molar-refractivity contribution in [2.45, 2.75) is 17.2 Å². The lowest BCUT2D eigenvalue weighted by atomic mass is 10.1. The molecule has 0 spiro atoms. The van der Waals surface area contributed by atoms with Crippen molar-refractivity contribution in [2.75, 3.05) is 6.54 Å². The van der Waals surface area contributed by atoms with Crippen LogP contribution in [0, 0.1) is 5.82 Å². The third kappa shape index (κ3) is 4.31. The Kier molecular flexibility index (Phi) is 5.26. The van der Waals surface area contributed by atoms with Crippen molar-refractivity contribution in [2.24, 2.45) is 0 Å². The Morgan fingerprint density at radius 2 is 1.62 bits per heavy atom. The third-order valence-corrected chi connectivity index (χ3v) is 4.67. The number of sulfonamides is 1. The van der Waals surface area contributed by atoms with Crippen LogP contribution in [0.5, 0.6) is 0 Å². The molecule has 2 rings (SSSR count). The van der Waals surface area contributed by atoms with Gasteiger partial charge in [-0.25, -0.2) is 17.5 Å². The van der Waals surface area contributed by atoms with E-state index < -0.39 is 45.1 Å². The number of rotatable bonds is 5. The van der Waals surface area contributed by atoms with Gasteiger partial charge in [-0.3, -0.25) is 0 Å². The molecule has 0 saturated heterocycles. The minimum atomic E-state index is -4.50. The topological polar surface area (TPSA) is 66.4 Å². The molecule has 1 atom stereocenters. The van der Waals surface area contributed by atoms with Crippen LogP contribution in [0.4, 0.5) is 17.6 Å². The van der Waals surface area contributed by atoms with Gasteiger partial charge >= 0.3 is 6.18 Å². The van der Waals surface area contributed by atoms with Crippen molar-refractivity contribution in [3.8, 4) is 0 Å². The quantitative estimate of drug-likeness (QED) is 0.803. The van der Waals surface area contributed by atoms with Crippen molar-refractivity contribution in [3.05, 3.63) is 65.5 Å². The van der Waals surface area contributed by atoms with E-state index in [1.807, 2.05) is 4.72 Å². The molecule has 4 nitrogen and oxygen atoms in total. The molecule has 2 aromatic rings. The van der Waals surface area contributed by atoms with Crippen LogP contribution in [0.25, 0.3) is 0 Å². The summed E-state index contributed by atoms with van der Waals surface area (Å²) in [5.74, 6) is -0.950. The van der Waals surface area contributed by atoms with E-state index in [0.29, 0.717) is 0 Å². The molecule has 0 aliphatic carbocycles. The number of hydrogen-bond donors (Lipinski definition) is 2. The second-order valence-corrected chi connectivity index (χ2v) is 6.65. The fourth-order valence-corrected chi connectivity index (χ4v) is 3.06. The first-order chi connectivity index (χ1) is 11.1. The van der Waals surface area contributed by atoms with Gasteiger partial charge in [0.1, 0.15) is 10.7 Å². The summed E-state index contributed by atoms with van der Waals surface area (Å²) >= 11 is 0. The molecule has 0 heterocycles. The Labute approximate surface area is 135 Å². The maximum absolute atomic E-state index is 13.5. The van der Waals surface area contributed by atoms with Crippen LogP contribution in [0.1, 0.15) is 17.2 Å². The maximum Gasteiger partial charge on any atom is 0.416 e. The Balaban J connectivity index is 2.08. The largest absolute Gasteiger partial charge is 0.416 e. The lowest BCUT2D eigenvalue weighted by molar-refractivity contribution is -0.137. The van der Waals surface area contributed by atoms with Gasteiger partial charge in [0.2, 0.25) is 10.0 Å². The maximum atomic E-state index is 13.5. The summed E-state index contributed by atoms with van der Waals surface area (Å²) < 4.78 is 76.8. The number of hydrogen-bond acceptors (Lipinski definition) is 3. The highest BCUT2D eigenvalue weighted by atomic mass is 32.2. The van der Waals surface area contributed by atoms with Crippen LogP contribution in [0.2, 0.25) is 0 Å². The van der Waals surface area contributed by atoms with Gasteiger partial charge in [0.05, 0.1) is 11.7 Å². The van der Waals surface area contributed by atoms with Gasteiger partial charge in [-0.1, -0.05) is 24.3 Å². The first-order valence-corrected chi connectivity index (χ1v) is 8.19. The molecule has 0 aliphatic heterocycles. The average Bonchev–Trinajstić information content (AvgIpc) is 2.52. The number of aliphatic hydroxyl groups is 1. The zero-order valence-electron chi connectivity index (χ0n) is 12.1. The zero-order chi connectivity index (χ0) is 18.0. The SMILES string of the molecule is O=S(=O)(NCC(O)c1ccc(C(F)(F)F)cc1)c1ccccc1F. The number of nitrogens with one attached hydrogen (secondary N) is 1. The van der Waals surface area contributed by atoms with Gasteiger partial charge < -0.3 is 5.11 Å². The molecule has 130 valence electrons. The van der Waals surface area contributed by atoms with E-state index in [1.165, 1.54) is 12.1 Å². The first-order valence-electron chi connectivity index (χ1n) is 6.70. The first kappa shape index (κ1) is 18.4. The van der Waals surface area contributed by atoms with E-state index in [-0.39, 0.29) is 5.56 Å². The van der Waals surface area contributed by atoms with Crippen molar-refractivity contribution in [3.63, 3.8) is 0 Å². The predicted octanol–water partition coefficient (Wildman–Crippen LogP) is 2.86. The summed E-state index contributed by atoms with van der Waals surface area (Å²) in [5.41, 5.74) is -0.787. The van der Waals surface area contributed by atoms with Gasteiger partial charge in [-0.15, -0.1) is 0 Å². The van der Waals surface area contributed by atoms with Crippen molar-refractivity contribution in [1.29, 1.82) is 0 Å². The molecule has 0 bridgehead atoms. The van der Waals surface area contributed by atoms with Gasteiger partial charge in [0.15, 0.2) is 0 Å². The molecule has 0 fully saturated rings.